The number of nitrogens with one attached hydrogen (secondary N) is 1. The number of rotatable bonds is 5. The molecule has 19 heavy (non-hydrogen) atoms. The van der Waals surface area contributed by atoms with Gasteiger partial charge in [0.25, 0.3) is 0 Å². The summed E-state index contributed by atoms with van der Waals surface area (Å²) >= 11 is 7.38. The first-order valence-corrected chi connectivity index (χ1v) is 7.42. The van der Waals surface area contributed by atoms with Crippen molar-refractivity contribution in [1.29, 1.82) is 0 Å². The lowest BCUT2D eigenvalue weighted by molar-refractivity contribution is 0.606. The molecule has 1 aromatic carbocycles. The summed E-state index contributed by atoms with van der Waals surface area (Å²) in [6.45, 7) is 5.08. The molecule has 1 N–H and O–H groups in total. The number of nitrogens with zero attached hydrogens (tertiary/aromatic N) is 1. The van der Waals surface area contributed by atoms with Gasteiger partial charge in [-0.1, -0.05) is 30.7 Å². The van der Waals surface area contributed by atoms with Crippen molar-refractivity contribution < 1.29 is 4.39 Å². The van der Waals surface area contributed by atoms with Crippen LogP contribution in [-0.4, -0.2) is 11.5 Å². The molecule has 0 saturated heterocycles. The van der Waals surface area contributed by atoms with Crippen LogP contribution < -0.4 is 5.32 Å². The molecule has 0 radical (unpaired) electrons. The lowest BCUT2D eigenvalue weighted by atomic mass is 10.1. The van der Waals surface area contributed by atoms with Crippen LogP contribution in [0, 0.1) is 5.82 Å². The maximum Gasteiger partial charge on any atom is 0.145 e. The predicted molar refractivity (Wildman–Crippen MR) is 78.4 cm³/mol. The van der Waals surface area contributed by atoms with E-state index in [4.69, 9.17) is 11.6 Å². The topological polar surface area (TPSA) is 24.9 Å². The van der Waals surface area contributed by atoms with Crippen molar-refractivity contribution in [3.05, 3.63) is 50.7 Å². The lowest BCUT2D eigenvalue weighted by Gasteiger charge is -2.08. The summed E-state index contributed by atoms with van der Waals surface area (Å²) in [6, 6.07) is 5.34. The molecule has 0 aliphatic rings. The third-order valence-corrected chi connectivity index (χ3v) is 4.35. The van der Waals surface area contributed by atoms with E-state index in [0.717, 1.165) is 11.6 Å². The second-order valence-electron chi connectivity index (χ2n) is 4.33. The largest absolute Gasteiger partial charge is 0.310 e. The van der Waals surface area contributed by atoms with Crippen molar-refractivity contribution in [1.82, 2.24) is 10.3 Å². The van der Waals surface area contributed by atoms with Gasteiger partial charge in [-0.05, 0) is 25.1 Å². The minimum absolute atomic E-state index is 0.162. The van der Waals surface area contributed by atoms with Crippen molar-refractivity contribution in [2.24, 2.45) is 0 Å². The van der Waals surface area contributed by atoms with Gasteiger partial charge in [0.2, 0.25) is 0 Å². The van der Waals surface area contributed by atoms with Crippen molar-refractivity contribution in [3.63, 3.8) is 0 Å². The Hall–Kier alpha value is -0.970. The highest BCUT2D eigenvalue weighted by Crippen LogP contribution is 2.25. The SMILES string of the molecule is CCNC(C)c1cnc(Cc2cccc(Cl)c2F)s1. The Morgan fingerprint density at radius 2 is 2.26 bits per heavy atom. The summed E-state index contributed by atoms with van der Waals surface area (Å²) in [5, 5.41) is 4.40. The van der Waals surface area contributed by atoms with E-state index in [-0.39, 0.29) is 16.9 Å². The van der Waals surface area contributed by atoms with Crippen LogP contribution in [0.25, 0.3) is 0 Å². The molecule has 1 atom stereocenters. The Morgan fingerprint density at radius 1 is 1.47 bits per heavy atom. The van der Waals surface area contributed by atoms with Gasteiger partial charge in [0, 0.05) is 23.5 Å². The van der Waals surface area contributed by atoms with Crippen LogP contribution in [0.3, 0.4) is 0 Å². The lowest BCUT2D eigenvalue weighted by Crippen LogP contribution is -2.16. The van der Waals surface area contributed by atoms with Crippen molar-refractivity contribution in [3.8, 4) is 0 Å². The molecule has 1 aromatic heterocycles. The van der Waals surface area contributed by atoms with Crippen LogP contribution in [0.1, 0.15) is 35.3 Å². The van der Waals surface area contributed by atoms with E-state index in [1.807, 2.05) is 6.20 Å². The highest BCUT2D eigenvalue weighted by Gasteiger charge is 2.12. The summed E-state index contributed by atoms with van der Waals surface area (Å²) < 4.78 is 13.8. The predicted octanol–water partition coefficient (Wildman–Crippen LogP) is 4.20. The monoisotopic (exact) mass is 298 g/mol. The molecule has 5 heteroatoms. The van der Waals surface area contributed by atoms with Crippen LogP contribution in [0.5, 0.6) is 0 Å². The minimum Gasteiger partial charge on any atom is -0.310 e. The van der Waals surface area contributed by atoms with Gasteiger partial charge >= 0.3 is 0 Å². The Kier molecular flexibility index (Phi) is 4.91. The highest BCUT2D eigenvalue weighted by molar-refractivity contribution is 7.11. The fraction of sp³-hybridized carbons (Fsp3) is 0.357. The van der Waals surface area contributed by atoms with E-state index in [0.29, 0.717) is 12.0 Å². The molecule has 0 spiro atoms. The van der Waals surface area contributed by atoms with Gasteiger partial charge in [0.15, 0.2) is 0 Å². The Bertz CT molecular complexity index is 556. The summed E-state index contributed by atoms with van der Waals surface area (Å²) in [5.74, 6) is -0.347. The molecule has 0 bridgehead atoms. The fourth-order valence-electron chi connectivity index (χ4n) is 1.86. The first kappa shape index (κ1) is 14.4. The average molecular weight is 299 g/mol. The van der Waals surface area contributed by atoms with Crippen LogP contribution in [0.4, 0.5) is 4.39 Å². The fourth-order valence-corrected chi connectivity index (χ4v) is 3.03. The van der Waals surface area contributed by atoms with E-state index in [1.165, 1.54) is 4.88 Å². The minimum atomic E-state index is -0.347. The molecule has 0 aliphatic heterocycles. The van der Waals surface area contributed by atoms with E-state index in [9.17, 15) is 4.39 Å². The first-order chi connectivity index (χ1) is 9.11. The van der Waals surface area contributed by atoms with Gasteiger partial charge < -0.3 is 5.32 Å². The molecule has 2 rings (SSSR count). The molecule has 0 aliphatic carbocycles. The smallest absolute Gasteiger partial charge is 0.145 e. The summed E-state index contributed by atoms with van der Waals surface area (Å²) in [5.41, 5.74) is 0.588. The summed E-state index contributed by atoms with van der Waals surface area (Å²) in [7, 11) is 0. The zero-order valence-corrected chi connectivity index (χ0v) is 12.5. The van der Waals surface area contributed by atoms with E-state index >= 15 is 0 Å². The molecule has 1 unspecified atom stereocenters. The number of thiazole rings is 1. The van der Waals surface area contributed by atoms with Crippen LogP contribution >= 0.6 is 22.9 Å². The summed E-state index contributed by atoms with van der Waals surface area (Å²) in [6.07, 6.45) is 2.34. The summed E-state index contributed by atoms with van der Waals surface area (Å²) in [4.78, 5) is 5.52. The molecular formula is C14H16ClFN2S. The van der Waals surface area contributed by atoms with Crippen molar-refractivity contribution in [2.75, 3.05) is 6.54 Å². The van der Waals surface area contributed by atoms with Gasteiger partial charge in [-0.3, -0.25) is 0 Å². The average Bonchev–Trinajstić information content (AvgIpc) is 2.84. The highest BCUT2D eigenvalue weighted by atomic mass is 35.5. The van der Waals surface area contributed by atoms with E-state index < -0.39 is 0 Å². The van der Waals surface area contributed by atoms with Crippen molar-refractivity contribution >= 4 is 22.9 Å². The Balaban J connectivity index is 2.14. The zero-order chi connectivity index (χ0) is 13.8. The van der Waals surface area contributed by atoms with Gasteiger partial charge in [-0.2, -0.15) is 0 Å². The molecule has 0 saturated carbocycles. The third-order valence-electron chi connectivity index (χ3n) is 2.88. The van der Waals surface area contributed by atoms with Crippen molar-refractivity contribution in [2.45, 2.75) is 26.3 Å². The van der Waals surface area contributed by atoms with Crippen LogP contribution in [-0.2, 0) is 6.42 Å². The third kappa shape index (κ3) is 3.53. The number of benzene rings is 1. The van der Waals surface area contributed by atoms with E-state index in [1.54, 1.807) is 29.5 Å². The van der Waals surface area contributed by atoms with Crippen LogP contribution in [0.15, 0.2) is 24.4 Å². The van der Waals surface area contributed by atoms with Gasteiger partial charge in [0.05, 0.1) is 10.0 Å². The first-order valence-electron chi connectivity index (χ1n) is 6.22. The zero-order valence-electron chi connectivity index (χ0n) is 10.9. The molecular weight excluding hydrogens is 283 g/mol. The van der Waals surface area contributed by atoms with Gasteiger partial charge in [0.1, 0.15) is 5.82 Å². The number of hydrogen-bond acceptors (Lipinski definition) is 3. The number of halogens is 2. The molecule has 2 aromatic rings. The Labute approximate surface area is 121 Å². The second-order valence-corrected chi connectivity index (χ2v) is 5.88. The number of aromatic nitrogens is 1. The molecule has 1 heterocycles. The quantitative estimate of drug-likeness (QED) is 0.895. The van der Waals surface area contributed by atoms with E-state index in [2.05, 4.69) is 24.1 Å². The molecule has 0 amide bonds. The maximum atomic E-state index is 13.8. The number of hydrogen-bond donors (Lipinski definition) is 1. The molecule has 102 valence electrons. The molecule has 2 nitrogen and oxygen atoms in total. The Morgan fingerprint density at radius 3 is 3.00 bits per heavy atom. The molecule has 0 fully saturated rings. The van der Waals surface area contributed by atoms with Gasteiger partial charge in [-0.25, -0.2) is 9.37 Å². The van der Waals surface area contributed by atoms with Gasteiger partial charge in [-0.15, -0.1) is 11.3 Å². The standard InChI is InChI=1S/C14H16ClFN2S/c1-3-17-9(2)12-8-18-13(19-12)7-10-5-4-6-11(15)14(10)16/h4-6,8-9,17H,3,7H2,1-2H3. The maximum absolute atomic E-state index is 13.8. The van der Waals surface area contributed by atoms with Crippen LogP contribution in [0.2, 0.25) is 5.02 Å². The normalized spacial score (nSPS) is 12.6. The second kappa shape index (κ2) is 6.46.